The second kappa shape index (κ2) is 6.27. The molecule has 0 atom stereocenters. The Balaban J connectivity index is 2.09. The molecule has 1 saturated carbocycles. The molecule has 5 heteroatoms. The Kier molecular flexibility index (Phi) is 4.69. The molecule has 18 heavy (non-hydrogen) atoms. The summed E-state index contributed by atoms with van der Waals surface area (Å²) in [7, 11) is 3.16. The van der Waals surface area contributed by atoms with Crippen molar-refractivity contribution in [1.29, 1.82) is 0 Å². The van der Waals surface area contributed by atoms with Gasteiger partial charge >= 0.3 is 0 Å². The first kappa shape index (κ1) is 13.5. The molecule has 0 saturated heterocycles. The van der Waals surface area contributed by atoms with Crippen molar-refractivity contribution in [3.63, 3.8) is 0 Å². The standard InChI is InChI=1S/C13H18ClNO3/c1-16-8-18-13-11(14)5-9(6-12(13)17-2)7-15-10-3-4-10/h5-6,10,15H,3-4,7-8H2,1-2H3. The normalized spacial score (nSPS) is 14.6. The maximum absolute atomic E-state index is 6.19. The highest BCUT2D eigenvalue weighted by molar-refractivity contribution is 6.32. The molecule has 1 aliphatic rings. The molecule has 4 nitrogen and oxygen atoms in total. The Bertz CT molecular complexity index is 407. The van der Waals surface area contributed by atoms with E-state index in [0.717, 1.165) is 12.1 Å². The molecule has 2 rings (SSSR count). The van der Waals surface area contributed by atoms with E-state index in [4.69, 9.17) is 25.8 Å². The third-order valence-corrected chi connectivity index (χ3v) is 3.06. The highest BCUT2D eigenvalue weighted by Gasteiger charge is 2.20. The van der Waals surface area contributed by atoms with Gasteiger partial charge in [-0.25, -0.2) is 0 Å². The minimum atomic E-state index is 0.149. The van der Waals surface area contributed by atoms with E-state index in [1.165, 1.54) is 12.8 Å². The van der Waals surface area contributed by atoms with Crippen molar-refractivity contribution in [2.75, 3.05) is 21.0 Å². The Labute approximate surface area is 112 Å². The van der Waals surface area contributed by atoms with Crippen molar-refractivity contribution in [1.82, 2.24) is 5.32 Å². The second-order valence-electron chi connectivity index (χ2n) is 4.32. The van der Waals surface area contributed by atoms with Crippen LogP contribution in [0.3, 0.4) is 0 Å². The fourth-order valence-corrected chi connectivity index (χ4v) is 1.97. The lowest BCUT2D eigenvalue weighted by molar-refractivity contribution is 0.0492. The molecule has 0 spiro atoms. The molecule has 0 amide bonds. The zero-order valence-electron chi connectivity index (χ0n) is 10.7. The third-order valence-electron chi connectivity index (χ3n) is 2.78. The van der Waals surface area contributed by atoms with E-state index < -0.39 is 0 Å². The van der Waals surface area contributed by atoms with Gasteiger partial charge in [-0.1, -0.05) is 11.6 Å². The van der Waals surface area contributed by atoms with Gasteiger partial charge in [-0.05, 0) is 30.5 Å². The summed E-state index contributed by atoms with van der Waals surface area (Å²) in [5.41, 5.74) is 1.09. The molecule has 1 N–H and O–H groups in total. The van der Waals surface area contributed by atoms with Gasteiger partial charge in [-0.2, -0.15) is 0 Å². The zero-order chi connectivity index (χ0) is 13.0. The van der Waals surface area contributed by atoms with Crippen molar-refractivity contribution in [2.45, 2.75) is 25.4 Å². The van der Waals surface area contributed by atoms with Crippen LogP contribution in [0, 0.1) is 0 Å². The number of hydrogen-bond donors (Lipinski definition) is 1. The summed E-state index contributed by atoms with van der Waals surface area (Å²) in [6.07, 6.45) is 2.53. The fraction of sp³-hybridized carbons (Fsp3) is 0.538. The molecule has 1 fully saturated rings. The van der Waals surface area contributed by atoms with Crippen LogP contribution in [0.4, 0.5) is 0 Å². The number of ether oxygens (including phenoxy) is 3. The number of rotatable bonds is 7. The molecule has 0 radical (unpaired) electrons. The molecule has 100 valence electrons. The molecule has 1 aromatic rings. The van der Waals surface area contributed by atoms with Gasteiger partial charge in [0, 0.05) is 19.7 Å². The van der Waals surface area contributed by atoms with Crippen molar-refractivity contribution >= 4 is 11.6 Å². The van der Waals surface area contributed by atoms with E-state index >= 15 is 0 Å². The third kappa shape index (κ3) is 3.51. The number of methoxy groups -OCH3 is 2. The van der Waals surface area contributed by atoms with Crippen molar-refractivity contribution in [3.8, 4) is 11.5 Å². The predicted molar refractivity (Wildman–Crippen MR) is 70.4 cm³/mol. The number of nitrogens with one attached hydrogen (secondary N) is 1. The summed E-state index contributed by atoms with van der Waals surface area (Å²) in [5, 5.41) is 3.98. The van der Waals surface area contributed by atoms with E-state index in [1.807, 2.05) is 12.1 Å². The van der Waals surface area contributed by atoms with Gasteiger partial charge < -0.3 is 19.5 Å². The lowest BCUT2D eigenvalue weighted by Crippen LogP contribution is -2.15. The average Bonchev–Trinajstić information content (AvgIpc) is 3.18. The van der Waals surface area contributed by atoms with Gasteiger partial charge in [-0.3, -0.25) is 0 Å². The topological polar surface area (TPSA) is 39.7 Å². The largest absolute Gasteiger partial charge is 0.493 e. The molecule has 1 aromatic carbocycles. The smallest absolute Gasteiger partial charge is 0.188 e. The molecular weight excluding hydrogens is 254 g/mol. The Morgan fingerprint density at radius 3 is 2.72 bits per heavy atom. The molecule has 1 aliphatic carbocycles. The van der Waals surface area contributed by atoms with E-state index in [-0.39, 0.29) is 6.79 Å². The summed E-state index contributed by atoms with van der Waals surface area (Å²) >= 11 is 6.19. The van der Waals surface area contributed by atoms with Crippen molar-refractivity contribution in [3.05, 3.63) is 22.7 Å². The first-order valence-electron chi connectivity index (χ1n) is 5.96. The lowest BCUT2D eigenvalue weighted by atomic mass is 10.2. The van der Waals surface area contributed by atoms with Gasteiger partial charge in [0.25, 0.3) is 0 Å². The summed E-state index contributed by atoms with van der Waals surface area (Å²) in [5.74, 6) is 1.16. The number of hydrogen-bond acceptors (Lipinski definition) is 4. The second-order valence-corrected chi connectivity index (χ2v) is 4.72. The molecule has 0 heterocycles. The van der Waals surface area contributed by atoms with Gasteiger partial charge in [0.05, 0.1) is 12.1 Å². The number of benzene rings is 1. The van der Waals surface area contributed by atoms with E-state index in [9.17, 15) is 0 Å². The predicted octanol–water partition coefficient (Wildman–Crippen LogP) is 2.58. The summed E-state index contributed by atoms with van der Waals surface area (Å²) in [6.45, 7) is 0.945. The Hall–Kier alpha value is -0.970. The molecule has 0 unspecified atom stereocenters. The molecule has 0 aliphatic heterocycles. The highest BCUT2D eigenvalue weighted by Crippen LogP contribution is 2.36. The minimum Gasteiger partial charge on any atom is -0.493 e. The van der Waals surface area contributed by atoms with Crippen LogP contribution in [-0.2, 0) is 11.3 Å². The molecule has 0 aromatic heterocycles. The quantitative estimate of drug-likeness (QED) is 0.774. The maximum atomic E-state index is 6.19. The first-order valence-corrected chi connectivity index (χ1v) is 6.34. The molecule has 0 bridgehead atoms. The van der Waals surface area contributed by atoms with Crippen molar-refractivity contribution in [2.24, 2.45) is 0 Å². The van der Waals surface area contributed by atoms with Gasteiger partial charge in [0.1, 0.15) is 0 Å². The zero-order valence-corrected chi connectivity index (χ0v) is 11.4. The number of halogens is 1. The van der Waals surface area contributed by atoms with Crippen LogP contribution >= 0.6 is 11.6 Å². The van der Waals surface area contributed by atoms with E-state index in [1.54, 1.807) is 14.2 Å². The van der Waals surface area contributed by atoms with Crippen LogP contribution in [0.5, 0.6) is 11.5 Å². The minimum absolute atomic E-state index is 0.149. The monoisotopic (exact) mass is 271 g/mol. The maximum Gasteiger partial charge on any atom is 0.188 e. The first-order chi connectivity index (χ1) is 8.74. The van der Waals surface area contributed by atoms with Crippen LogP contribution < -0.4 is 14.8 Å². The Morgan fingerprint density at radius 2 is 2.11 bits per heavy atom. The molecular formula is C13H18ClNO3. The highest BCUT2D eigenvalue weighted by atomic mass is 35.5. The lowest BCUT2D eigenvalue weighted by Gasteiger charge is -2.13. The van der Waals surface area contributed by atoms with Gasteiger partial charge in [-0.15, -0.1) is 0 Å². The summed E-state index contributed by atoms with van der Waals surface area (Å²) in [6, 6.07) is 4.50. The van der Waals surface area contributed by atoms with E-state index in [2.05, 4.69) is 5.32 Å². The van der Waals surface area contributed by atoms with Crippen molar-refractivity contribution < 1.29 is 14.2 Å². The van der Waals surface area contributed by atoms with Crippen LogP contribution in [0.1, 0.15) is 18.4 Å². The van der Waals surface area contributed by atoms with Crippen LogP contribution in [0.2, 0.25) is 5.02 Å². The van der Waals surface area contributed by atoms with Gasteiger partial charge in [0.15, 0.2) is 18.3 Å². The van der Waals surface area contributed by atoms with Gasteiger partial charge in [0.2, 0.25) is 0 Å². The fourth-order valence-electron chi connectivity index (χ4n) is 1.68. The van der Waals surface area contributed by atoms with E-state index in [0.29, 0.717) is 22.6 Å². The SMILES string of the molecule is COCOc1c(Cl)cc(CNC2CC2)cc1OC. The average molecular weight is 272 g/mol. The van der Waals surface area contributed by atoms with Crippen LogP contribution in [-0.4, -0.2) is 27.1 Å². The van der Waals surface area contributed by atoms with Crippen LogP contribution in [0.25, 0.3) is 0 Å². The summed E-state index contributed by atoms with van der Waals surface area (Å²) < 4.78 is 15.6. The Morgan fingerprint density at radius 1 is 1.33 bits per heavy atom. The summed E-state index contributed by atoms with van der Waals surface area (Å²) in [4.78, 5) is 0. The van der Waals surface area contributed by atoms with Crippen LogP contribution in [0.15, 0.2) is 12.1 Å².